The van der Waals surface area contributed by atoms with Crippen LogP contribution in [0.3, 0.4) is 0 Å². The summed E-state index contributed by atoms with van der Waals surface area (Å²) in [7, 11) is 0. The zero-order chi connectivity index (χ0) is 6.16. The lowest BCUT2D eigenvalue weighted by molar-refractivity contribution is 0.374. The minimum Gasteiger partial charge on any atom is -0.282 e. The van der Waals surface area contributed by atoms with Gasteiger partial charge in [0.1, 0.15) is 5.66 Å². The maximum absolute atomic E-state index is 3.28. The van der Waals surface area contributed by atoms with E-state index in [1.165, 1.54) is 0 Å². The number of hydrogen-bond acceptors (Lipinski definition) is 5. The summed E-state index contributed by atoms with van der Waals surface area (Å²) in [4.78, 5) is 0. The third-order valence-corrected chi connectivity index (χ3v) is 1.75. The molecule has 2 rings (SSSR count). The standard InChI is InChI=1S/C4H11N5/c1-4(2-7-6-1)5-3-8-9-4/h5-9H,1-3H2. The molecule has 2 aliphatic rings. The summed E-state index contributed by atoms with van der Waals surface area (Å²) in [5.41, 5.74) is 12.3. The van der Waals surface area contributed by atoms with E-state index >= 15 is 0 Å². The molecule has 52 valence electrons. The average molecular weight is 129 g/mol. The predicted molar refractivity (Wildman–Crippen MR) is 33.0 cm³/mol. The van der Waals surface area contributed by atoms with Crippen LogP contribution in [0.15, 0.2) is 0 Å². The Morgan fingerprint density at radius 2 is 1.78 bits per heavy atom. The lowest BCUT2D eigenvalue weighted by Crippen LogP contribution is -2.54. The van der Waals surface area contributed by atoms with Crippen molar-refractivity contribution in [2.45, 2.75) is 5.66 Å². The highest BCUT2D eigenvalue weighted by Crippen LogP contribution is 2.01. The molecule has 0 aromatic heterocycles. The lowest BCUT2D eigenvalue weighted by atomic mass is 10.2. The Hall–Kier alpha value is -0.200. The fourth-order valence-corrected chi connectivity index (χ4v) is 1.17. The number of rotatable bonds is 0. The normalized spacial score (nSPS) is 32.0. The summed E-state index contributed by atoms with van der Waals surface area (Å²) in [5, 5.41) is 3.28. The van der Waals surface area contributed by atoms with Gasteiger partial charge in [0, 0.05) is 13.1 Å². The summed E-state index contributed by atoms with van der Waals surface area (Å²) in [5.74, 6) is 0. The molecule has 1 spiro atoms. The summed E-state index contributed by atoms with van der Waals surface area (Å²) < 4.78 is 0. The second-order valence-corrected chi connectivity index (χ2v) is 2.44. The van der Waals surface area contributed by atoms with Crippen molar-refractivity contribution in [3.8, 4) is 0 Å². The number of hydrogen-bond donors (Lipinski definition) is 5. The fourth-order valence-electron chi connectivity index (χ4n) is 1.17. The predicted octanol–water partition coefficient (Wildman–Crippen LogP) is -2.55. The molecule has 0 aliphatic carbocycles. The summed E-state index contributed by atoms with van der Waals surface area (Å²) in [6.07, 6.45) is 0. The highest BCUT2D eigenvalue weighted by Gasteiger charge is 2.35. The number of nitrogens with one attached hydrogen (secondary N) is 5. The maximum Gasteiger partial charge on any atom is 0.111 e. The smallest absolute Gasteiger partial charge is 0.111 e. The van der Waals surface area contributed by atoms with Crippen LogP contribution in [0.2, 0.25) is 0 Å². The van der Waals surface area contributed by atoms with Crippen LogP contribution >= 0.6 is 0 Å². The first kappa shape index (κ1) is 5.57. The molecule has 0 aromatic rings. The van der Waals surface area contributed by atoms with E-state index in [0.29, 0.717) is 0 Å². The molecular weight excluding hydrogens is 118 g/mol. The van der Waals surface area contributed by atoms with Crippen molar-refractivity contribution < 1.29 is 0 Å². The Morgan fingerprint density at radius 1 is 1.00 bits per heavy atom. The van der Waals surface area contributed by atoms with Crippen molar-refractivity contribution in [3.63, 3.8) is 0 Å². The van der Waals surface area contributed by atoms with Crippen LogP contribution in [0.5, 0.6) is 0 Å². The maximum atomic E-state index is 3.28. The van der Waals surface area contributed by atoms with Crippen molar-refractivity contribution in [2.75, 3.05) is 19.8 Å². The van der Waals surface area contributed by atoms with Crippen molar-refractivity contribution in [3.05, 3.63) is 0 Å². The average Bonchev–Trinajstić information content (AvgIpc) is 2.45. The van der Waals surface area contributed by atoms with Crippen molar-refractivity contribution in [1.82, 2.24) is 27.0 Å². The van der Waals surface area contributed by atoms with Gasteiger partial charge in [-0.1, -0.05) is 0 Å². The largest absolute Gasteiger partial charge is 0.282 e. The Morgan fingerprint density at radius 3 is 2.33 bits per heavy atom. The van der Waals surface area contributed by atoms with Crippen LogP contribution in [-0.2, 0) is 0 Å². The highest BCUT2D eigenvalue weighted by atomic mass is 15.6. The van der Waals surface area contributed by atoms with Crippen molar-refractivity contribution >= 4 is 0 Å². The molecule has 2 fully saturated rings. The molecule has 0 atom stereocenters. The molecule has 5 nitrogen and oxygen atoms in total. The Bertz CT molecular complexity index is 84.0. The first-order valence-corrected chi connectivity index (χ1v) is 3.12. The van der Waals surface area contributed by atoms with Crippen LogP contribution in [0.1, 0.15) is 0 Å². The minimum atomic E-state index is 0.0556. The van der Waals surface area contributed by atoms with Gasteiger partial charge >= 0.3 is 0 Å². The topological polar surface area (TPSA) is 60.1 Å². The Labute approximate surface area is 53.5 Å². The van der Waals surface area contributed by atoms with Gasteiger partial charge in [-0.3, -0.25) is 16.2 Å². The molecule has 2 saturated heterocycles. The lowest BCUT2D eigenvalue weighted by Gasteiger charge is -2.19. The molecule has 0 unspecified atom stereocenters. The van der Waals surface area contributed by atoms with E-state index in [2.05, 4.69) is 27.0 Å². The summed E-state index contributed by atoms with van der Waals surface area (Å²) in [6, 6.07) is 0. The molecule has 2 heterocycles. The van der Waals surface area contributed by atoms with Gasteiger partial charge in [-0.15, -0.1) is 0 Å². The molecule has 0 radical (unpaired) electrons. The van der Waals surface area contributed by atoms with E-state index in [4.69, 9.17) is 0 Å². The molecule has 5 heteroatoms. The van der Waals surface area contributed by atoms with Crippen LogP contribution in [0.4, 0.5) is 0 Å². The first-order chi connectivity index (χ1) is 4.41. The fraction of sp³-hybridized carbons (Fsp3) is 1.00. The van der Waals surface area contributed by atoms with Crippen LogP contribution in [-0.4, -0.2) is 25.4 Å². The quantitative estimate of drug-likeness (QED) is 0.249. The van der Waals surface area contributed by atoms with Crippen LogP contribution < -0.4 is 27.0 Å². The van der Waals surface area contributed by atoms with E-state index in [1.807, 2.05) is 0 Å². The highest BCUT2D eigenvalue weighted by molar-refractivity contribution is 4.94. The zero-order valence-corrected chi connectivity index (χ0v) is 5.12. The van der Waals surface area contributed by atoms with E-state index in [-0.39, 0.29) is 5.66 Å². The van der Waals surface area contributed by atoms with E-state index in [0.717, 1.165) is 19.8 Å². The molecule has 0 saturated carbocycles. The Balaban J connectivity index is 2.04. The second kappa shape index (κ2) is 1.89. The van der Waals surface area contributed by atoms with Gasteiger partial charge in [-0.05, 0) is 0 Å². The third kappa shape index (κ3) is 0.828. The zero-order valence-electron chi connectivity index (χ0n) is 5.12. The van der Waals surface area contributed by atoms with Gasteiger partial charge in [0.05, 0.1) is 6.67 Å². The SMILES string of the molecule is C1NNC2(CNNC2)N1. The molecule has 5 N–H and O–H groups in total. The molecule has 2 aliphatic heterocycles. The van der Waals surface area contributed by atoms with E-state index in [1.54, 1.807) is 0 Å². The van der Waals surface area contributed by atoms with Crippen molar-refractivity contribution in [2.24, 2.45) is 0 Å². The molecule has 9 heavy (non-hydrogen) atoms. The van der Waals surface area contributed by atoms with Gasteiger partial charge in [0.2, 0.25) is 0 Å². The van der Waals surface area contributed by atoms with Gasteiger partial charge in [0.15, 0.2) is 0 Å². The van der Waals surface area contributed by atoms with Gasteiger partial charge in [0.25, 0.3) is 0 Å². The molecule has 0 amide bonds. The second-order valence-electron chi connectivity index (χ2n) is 2.44. The van der Waals surface area contributed by atoms with Crippen LogP contribution in [0, 0.1) is 0 Å². The molecular formula is C4H11N5. The van der Waals surface area contributed by atoms with Gasteiger partial charge < -0.3 is 0 Å². The van der Waals surface area contributed by atoms with Crippen LogP contribution in [0.25, 0.3) is 0 Å². The minimum absolute atomic E-state index is 0.0556. The van der Waals surface area contributed by atoms with Gasteiger partial charge in [-0.2, -0.15) is 0 Å². The van der Waals surface area contributed by atoms with E-state index < -0.39 is 0 Å². The molecule has 0 aromatic carbocycles. The first-order valence-electron chi connectivity index (χ1n) is 3.12. The monoisotopic (exact) mass is 129 g/mol. The molecule has 0 bridgehead atoms. The van der Waals surface area contributed by atoms with Gasteiger partial charge in [-0.25, -0.2) is 10.9 Å². The van der Waals surface area contributed by atoms with E-state index in [9.17, 15) is 0 Å². The summed E-state index contributed by atoms with van der Waals surface area (Å²) >= 11 is 0. The third-order valence-electron chi connectivity index (χ3n) is 1.75. The summed E-state index contributed by atoms with van der Waals surface area (Å²) in [6.45, 7) is 2.67. The van der Waals surface area contributed by atoms with Crippen molar-refractivity contribution in [1.29, 1.82) is 0 Å². The Kier molecular flexibility index (Phi) is 1.17. The number of hydrazine groups is 2.